The molecule has 1 unspecified atom stereocenters. The SMILES string of the molecule is Cc1ccc(Cn2nc(C)c(/C=C/C(=O)NCC(C)CO)c2C)cc1. The molecule has 2 rings (SSSR count). The van der Waals surface area contributed by atoms with E-state index in [1.54, 1.807) is 0 Å². The summed E-state index contributed by atoms with van der Waals surface area (Å²) in [4.78, 5) is 11.9. The van der Waals surface area contributed by atoms with Crippen molar-refractivity contribution >= 4 is 12.0 Å². The monoisotopic (exact) mass is 341 g/mol. The van der Waals surface area contributed by atoms with Gasteiger partial charge in [-0.2, -0.15) is 5.10 Å². The van der Waals surface area contributed by atoms with Crippen molar-refractivity contribution in [2.24, 2.45) is 5.92 Å². The summed E-state index contributed by atoms with van der Waals surface area (Å²) >= 11 is 0. The van der Waals surface area contributed by atoms with E-state index in [1.165, 1.54) is 17.2 Å². The Hall–Kier alpha value is -2.40. The molecular weight excluding hydrogens is 314 g/mol. The van der Waals surface area contributed by atoms with Gasteiger partial charge in [0.25, 0.3) is 0 Å². The van der Waals surface area contributed by atoms with E-state index in [0.29, 0.717) is 13.1 Å². The van der Waals surface area contributed by atoms with E-state index in [2.05, 4.69) is 41.6 Å². The third kappa shape index (κ3) is 5.29. The van der Waals surface area contributed by atoms with Crippen LogP contribution in [0.5, 0.6) is 0 Å². The predicted octanol–water partition coefficient (Wildman–Crippen LogP) is 2.61. The van der Waals surface area contributed by atoms with Crippen LogP contribution < -0.4 is 5.32 Å². The lowest BCUT2D eigenvalue weighted by atomic mass is 10.1. The topological polar surface area (TPSA) is 67.2 Å². The number of benzene rings is 1. The summed E-state index contributed by atoms with van der Waals surface area (Å²) in [6.07, 6.45) is 3.33. The van der Waals surface area contributed by atoms with Gasteiger partial charge < -0.3 is 10.4 Å². The van der Waals surface area contributed by atoms with Gasteiger partial charge in [0.05, 0.1) is 12.2 Å². The zero-order valence-electron chi connectivity index (χ0n) is 15.4. The first-order chi connectivity index (χ1) is 11.9. The molecule has 1 atom stereocenters. The highest BCUT2D eigenvalue weighted by atomic mass is 16.3. The molecule has 0 saturated carbocycles. The van der Waals surface area contributed by atoms with Crippen LogP contribution in [0.2, 0.25) is 0 Å². The maximum Gasteiger partial charge on any atom is 0.244 e. The van der Waals surface area contributed by atoms with Gasteiger partial charge in [0.15, 0.2) is 0 Å². The number of aromatic nitrogens is 2. The second-order valence-electron chi connectivity index (χ2n) is 6.59. The maximum absolute atomic E-state index is 11.9. The second-order valence-corrected chi connectivity index (χ2v) is 6.59. The molecule has 5 nitrogen and oxygen atoms in total. The summed E-state index contributed by atoms with van der Waals surface area (Å²) in [5.41, 5.74) is 5.34. The Morgan fingerprint density at radius 3 is 2.60 bits per heavy atom. The van der Waals surface area contributed by atoms with Gasteiger partial charge in [-0.15, -0.1) is 0 Å². The fourth-order valence-corrected chi connectivity index (χ4v) is 2.53. The van der Waals surface area contributed by atoms with Gasteiger partial charge in [0, 0.05) is 30.5 Å². The number of hydrogen-bond donors (Lipinski definition) is 2. The van der Waals surface area contributed by atoms with Crippen molar-refractivity contribution in [2.45, 2.75) is 34.2 Å². The van der Waals surface area contributed by atoms with Crippen LogP contribution in [0.25, 0.3) is 6.08 Å². The molecule has 25 heavy (non-hydrogen) atoms. The van der Waals surface area contributed by atoms with Crippen LogP contribution >= 0.6 is 0 Å². The predicted molar refractivity (Wildman–Crippen MR) is 100 cm³/mol. The molecule has 0 fully saturated rings. The average molecular weight is 341 g/mol. The highest BCUT2D eigenvalue weighted by molar-refractivity contribution is 5.92. The smallest absolute Gasteiger partial charge is 0.244 e. The van der Waals surface area contributed by atoms with Gasteiger partial charge in [-0.3, -0.25) is 9.48 Å². The average Bonchev–Trinajstić information content (AvgIpc) is 2.86. The number of hydrogen-bond acceptors (Lipinski definition) is 3. The molecule has 5 heteroatoms. The molecule has 0 radical (unpaired) electrons. The van der Waals surface area contributed by atoms with Crippen LogP contribution in [0.1, 0.15) is 35.0 Å². The molecule has 2 N–H and O–H groups in total. The van der Waals surface area contributed by atoms with Gasteiger partial charge in [-0.25, -0.2) is 0 Å². The number of carbonyl (C=O) groups is 1. The van der Waals surface area contributed by atoms with Crippen molar-refractivity contribution in [3.05, 3.63) is 58.4 Å². The van der Waals surface area contributed by atoms with Crippen molar-refractivity contribution in [2.75, 3.05) is 13.2 Å². The van der Waals surface area contributed by atoms with Gasteiger partial charge in [0.2, 0.25) is 5.91 Å². The molecule has 1 aromatic carbocycles. The molecule has 1 heterocycles. The minimum atomic E-state index is -0.162. The van der Waals surface area contributed by atoms with E-state index in [4.69, 9.17) is 5.11 Å². The number of aliphatic hydroxyl groups excluding tert-OH is 1. The largest absolute Gasteiger partial charge is 0.396 e. The molecule has 1 aromatic heterocycles. The fourth-order valence-electron chi connectivity index (χ4n) is 2.53. The highest BCUT2D eigenvalue weighted by Gasteiger charge is 2.10. The Bertz CT molecular complexity index is 745. The highest BCUT2D eigenvalue weighted by Crippen LogP contribution is 2.16. The Morgan fingerprint density at radius 2 is 1.96 bits per heavy atom. The first-order valence-corrected chi connectivity index (χ1v) is 8.57. The molecule has 1 amide bonds. The summed E-state index contributed by atoms with van der Waals surface area (Å²) in [5.74, 6) is -0.108. The summed E-state index contributed by atoms with van der Waals surface area (Å²) in [6.45, 7) is 9.15. The zero-order valence-corrected chi connectivity index (χ0v) is 15.4. The lowest BCUT2D eigenvalue weighted by Gasteiger charge is -2.07. The molecule has 0 saturated heterocycles. The minimum absolute atomic E-state index is 0.0538. The normalized spacial score (nSPS) is 12.5. The van der Waals surface area contributed by atoms with Crippen LogP contribution in [0.15, 0.2) is 30.3 Å². The summed E-state index contributed by atoms with van der Waals surface area (Å²) in [5, 5.41) is 16.4. The lowest BCUT2D eigenvalue weighted by molar-refractivity contribution is -0.116. The number of aryl methyl sites for hydroxylation is 2. The van der Waals surface area contributed by atoms with Crippen molar-refractivity contribution in [1.29, 1.82) is 0 Å². The van der Waals surface area contributed by atoms with Gasteiger partial charge in [-0.1, -0.05) is 36.8 Å². The van der Waals surface area contributed by atoms with Gasteiger partial charge in [0.1, 0.15) is 0 Å². The van der Waals surface area contributed by atoms with E-state index in [-0.39, 0.29) is 18.4 Å². The molecule has 0 bridgehead atoms. The number of nitrogens with zero attached hydrogens (tertiary/aromatic N) is 2. The molecule has 0 aliphatic rings. The molecular formula is C20H27N3O2. The third-order valence-electron chi connectivity index (χ3n) is 4.23. The molecule has 0 spiro atoms. The summed E-state index contributed by atoms with van der Waals surface area (Å²) in [7, 11) is 0. The Labute approximate surface area is 149 Å². The van der Waals surface area contributed by atoms with E-state index in [1.807, 2.05) is 31.5 Å². The standard InChI is InChI=1S/C20H27N3O2/c1-14-5-7-18(8-6-14)12-23-17(4)19(16(3)22-23)9-10-20(25)21-11-15(2)13-24/h5-10,15,24H,11-13H2,1-4H3,(H,21,25)/b10-9+. The van der Waals surface area contributed by atoms with Crippen molar-refractivity contribution in [1.82, 2.24) is 15.1 Å². The van der Waals surface area contributed by atoms with Crippen molar-refractivity contribution in [3.8, 4) is 0 Å². The van der Waals surface area contributed by atoms with Gasteiger partial charge >= 0.3 is 0 Å². The number of nitrogens with one attached hydrogen (secondary N) is 1. The lowest BCUT2D eigenvalue weighted by Crippen LogP contribution is -2.27. The van der Waals surface area contributed by atoms with Crippen LogP contribution in [0, 0.1) is 26.7 Å². The Balaban J connectivity index is 2.07. The number of amides is 1. The summed E-state index contributed by atoms with van der Waals surface area (Å²) in [6, 6.07) is 8.41. The minimum Gasteiger partial charge on any atom is -0.396 e. The van der Waals surface area contributed by atoms with E-state index in [9.17, 15) is 4.79 Å². The van der Waals surface area contributed by atoms with Gasteiger partial charge in [-0.05, 0) is 38.3 Å². The Morgan fingerprint density at radius 1 is 1.28 bits per heavy atom. The first-order valence-electron chi connectivity index (χ1n) is 8.57. The van der Waals surface area contributed by atoms with Crippen LogP contribution in [0.4, 0.5) is 0 Å². The van der Waals surface area contributed by atoms with E-state index < -0.39 is 0 Å². The van der Waals surface area contributed by atoms with Crippen molar-refractivity contribution in [3.63, 3.8) is 0 Å². The van der Waals surface area contributed by atoms with Crippen LogP contribution in [-0.2, 0) is 11.3 Å². The number of aliphatic hydroxyl groups is 1. The molecule has 134 valence electrons. The Kier molecular flexibility index (Phi) is 6.53. The maximum atomic E-state index is 11.9. The number of carbonyl (C=O) groups excluding carboxylic acids is 1. The van der Waals surface area contributed by atoms with Crippen molar-refractivity contribution < 1.29 is 9.90 Å². The fraction of sp³-hybridized carbons (Fsp3) is 0.400. The van der Waals surface area contributed by atoms with Crippen LogP contribution in [-0.4, -0.2) is 33.9 Å². The van der Waals surface area contributed by atoms with Crippen LogP contribution in [0.3, 0.4) is 0 Å². The molecule has 0 aliphatic carbocycles. The third-order valence-corrected chi connectivity index (χ3v) is 4.23. The quantitative estimate of drug-likeness (QED) is 0.761. The first kappa shape index (κ1) is 18.9. The van der Waals surface area contributed by atoms with E-state index >= 15 is 0 Å². The summed E-state index contributed by atoms with van der Waals surface area (Å²) < 4.78 is 1.96. The zero-order chi connectivity index (χ0) is 18.4. The van der Waals surface area contributed by atoms with E-state index in [0.717, 1.165) is 17.0 Å². The molecule has 2 aromatic rings. The number of rotatable bonds is 7. The molecule has 0 aliphatic heterocycles. The second kappa shape index (κ2) is 8.62.